The van der Waals surface area contributed by atoms with Gasteiger partial charge in [-0.15, -0.1) is 0 Å². The van der Waals surface area contributed by atoms with Crippen LogP contribution in [0.3, 0.4) is 0 Å². The summed E-state index contributed by atoms with van der Waals surface area (Å²) >= 11 is 0. The first kappa shape index (κ1) is 14.9. The van der Waals surface area contributed by atoms with E-state index < -0.39 is 0 Å². The fourth-order valence-electron chi connectivity index (χ4n) is 2.45. The van der Waals surface area contributed by atoms with Gasteiger partial charge < -0.3 is 15.8 Å². The number of nitrogens with zero attached hydrogens (tertiary/aromatic N) is 1. The number of benzene rings is 1. The Kier molecular flexibility index (Phi) is 6.38. The fourth-order valence-corrected chi connectivity index (χ4v) is 2.45. The van der Waals surface area contributed by atoms with Crippen molar-refractivity contribution in [1.82, 2.24) is 0 Å². The summed E-state index contributed by atoms with van der Waals surface area (Å²) in [5, 5.41) is 3.07. The summed E-state index contributed by atoms with van der Waals surface area (Å²) in [5.41, 5.74) is 6.79. The molecule has 4 nitrogen and oxygen atoms in total. The number of rotatable bonds is 6. The lowest BCUT2D eigenvalue weighted by Crippen LogP contribution is -2.23. The highest BCUT2D eigenvalue weighted by Gasteiger charge is 2.12. The first-order chi connectivity index (χ1) is 9.84. The molecule has 0 atom stereocenters. The third-order valence-corrected chi connectivity index (χ3v) is 3.54. The van der Waals surface area contributed by atoms with Crippen LogP contribution in [-0.2, 0) is 4.74 Å². The molecule has 0 saturated heterocycles. The molecule has 0 radical (unpaired) electrons. The Bertz CT molecular complexity index is 399. The smallest absolute Gasteiger partial charge is 0.193 e. The number of para-hydroxylation sites is 1. The second-order valence-electron chi connectivity index (χ2n) is 5.24. The Morgan fingerprint density at radius 1 is 1.20 bits per heavy atom. The van der Waals surface area contributed by atoms with Gasteiger partial charge >= 0.3 is 0 Å². The molecule has 3 N–H and O–H groups in total. The molecule has 0 aliphatic heterocycles. The summed E-state index contributed by atoms with van der Waals surface area (Å²) in [6.45, 7) is 1.49. The first-order valence-electron chi connectivity index (χ1n) is 7.58. The maximum absolute atomic E-state index is 5.85. The SMILES string of the molecule is NC(=NCCCOC1CCCCC1)Nc1ccccc1. The van der Waals surface area contributed by atoms with Crippen molar-refractivity contribution in [1.29, 1.82) is 0 Å². The van der Waals surface area contributed by atoms with Crippen LogP contribution in [0.25, 0.3) is 0 Å². The van der Waals surface area contributed by atoms with Gasteiger partial charge in [0.05, 0.1) is 6.10 Å². The molecule has 20 heavy (non-hydrogen) atoms. The van der Waals surface area contributed by atoms with Crippen LogP contribution in [0.1, 0.15) is 38.5 Å². The highest BCUT2D eigenvalue weighted by atomic mass is 16.5. The summed E-state index contributed by atoms with van der Waals surface area (Å²) in [6.07, 6.45) is 7.85. The zero-order valence-electron chi connectivity index (χ0n) is 12.1. The maximum atomic E-state index is 5.85. The van der Waals surface area contributed by atoms with E-state index in [1.165, 1.54) is 32.1 Å². The van der Waals surface area contributed by atoms with Crippen molar-refractivity contribution in [3.05, 3.63) is 30.3 Å². The number of nitrogens with two attached hydrogens (primary N) is 1. The molecule has 1 fully saturated rings. The summed E-state index contributed by atoms with van der Waals surface area (Å²) in [5.74, 6) is 0.467. The predicted octanol–water partition coefficient (Wildman–Crippen LogP) is 3.15. The van der Waals surface area contributed by atoms with Crippen molar-refractivity contribution in [3.63, 3.8) is 0 Å². The fraction of sp³-hybridized carbons (Fsp3) is 0.562. The number of ether oxygens (including phenoxy) is 1. The standard InChI is InChI=1S/C16H25N3O/c17-16(19-14-8-3-1-4-9-14)18-12-7-13-20-15-10-5-2-6-11-15/h1,3-4,8-9,15H,2,5-7,10-13H2,(H3,17,18,19). The minimum Gasteiger partial charge on any atom is -0.378 e. The molecule has 1 aliphatic rings. The molecule has 0 spiro atoms. The quantitative estimate of drug-likeness (QED) is 0.476. The number of hydrogen-bond acceptors (Lipinski definition) is 2. The van der Waals surface area contributed by atoms with Gasteiger partial charge in [0.15, 0.2) is 5.96 Å². The average Bonchev–Trinajstić information content (AvgIpc) is 2.49. The van der Waals surface area contributed by atoms with E-state index in [-0.39, 0.29) is 0 Å². The highest BCUT2D eigenvalue weighted by molar-refractivity contribution is 5.92. The normalized spacial score (nSPS) is 17.1. The molecule has 0 amide bonds. The van der Waals surface area contributed by atoms with Gasteiger partial charge in [0, 0.05) is 18.8 Å². The molecule has 2 rings (SSSR count). The molecule has 1 aromatic carbocycles. The Morgan fingerprint density at radius 3 is 2.70 bits per heavy atom. The van der Waals surface area contributed by atoms with Crippen molar-refractivity contribution in [2.75, 3.05) is 18.5 Å². The van der Waals surface area contributed by atoms with Gasteiger partial charge in [0.1, 0.15) is 0 Å². The minimum atomic E-state index is 0.467. The number of aliphatic imine (C=N–C) groups is 1. The van der Waals surface area contributed by atoms with Crippen molar-refractivity contribution in [2.45, 2.75) is 44.6 Å². The average molecular weight is 275 g/mol. The molecule has 1 aliphatic carbocycles. The van der Waals surface area contributed by atoms with E-state index in [9.17, 15) is 0 Å². The van der Waals surface area contributed by atoms with Gasteiger partial charge in [-0.2, -0.15) is 0 Å². The maximum Gasteiger partial charge on any atom is 0.193 e. The summed E-state index contributed by atoms with van der Waals surface area (Å²) in [7, 11) is 0. The lowest BCUT2D eigenvalue weighted by molar-refractivity contribution is 0.0281. The Labute approximate surface area is 121 Å². The van der Waals surface area contributed by atoms with E-state index in [1.54, 1.807) is 0 Å². The van der Waals surface area contributed by atoms with Gasteiger partial charge in [-0.3, -0.25) is 4.99 Å². The lowest BCUT2D eigenvalue weighted by atomic mass is 9.98. The van der Waals surface area contributed by atoms with Crippen LogP contribution < -0.4 is 11.1 Å². The Morgan fingerprint density at radius 2 is 1.95 bits per heavy atom. The van der Waals surface area contributed by atoms with E-state index in [0.717, 1.165) is 18.7 Å². The zero-order chi connectivity index (χ0) is 14.0. The lowest BCUT2D eigenvalue weighted by Gasteiger charge is -2.21. The van der Waals surface area contributed by atoms with E-state index in [1.807, 2.05) is 30.3 Å². The number of anilines is 1. The van der Waals surface area contributed by atoms with Crippen LogP contribution >= 0.6 is 0 Å². The first-order valence-corrected chi connectivity index (χ1v) is 7.58. The minimum absolute atomic E-state index is 0.467. The van der Waals surface area contributed by atoms with Crippen molar-refractivity contribution < 1.29 is 4.74 Å². The zero-order valence-corrected chi connectivity index (χ0v) is 12.1. The van der Waals surface area contributed by atoms with Crippen molar-refractivity contribution >= 4 is 11.6 Å². The molecular weight excluding hydrogens is 250 g/mol. The Balaban J connectivity index is 1.58. The third-order valence-electron chi connectivity index (χ3n) is 3.54. The summed E-state index contributed by atoms with van der Waals surface area (Å²) in [6, 6.07) is 9.84. The second kappa shape index (κ2) is 8.59. The van der Waals surface area contributed by atoms with Crippen molar-refractivity contribution in [3.8, 4) is 0 Å². The molecule has 0 aromatic heterocycles. The largest absolute Gasteiger partial charge is 0.378 e. The van der Waals surface area contributed by atoms with E-state index >= 15 is 0 Å². The molecule has 1 aromatic rings. The van der Waals surface area contributed by atoms with Crippen LogP contribution in [0.15, 0.2) is 35.3 Å². The van der Waals surface area contributed by atoms with E-state index in [0.29, 0.717) is 18.6 Å². The summed E-state index contributed by atoms with van der Waals surface area (Å²) in [4.78, 5) is 4.31. The topological polar surface area (TPSA) is 59.6 Å². The predicted molar refractivity (Wildman–Crippen MR) is 84.0 cm³/mol. The second-order valence-corrected chi connectivity index (χ2v) is 5.24. The number of nitrogens with one attached hydrogen (secondary N) is 1. The van der Waals surface area contributed by atoms with Crippen LogP contribution in [-0.4, -0.2) is 25.2 Å². The van der Waals surface area contributed by atoms with Gasteiger partial charge in [-0.25, -0.2) is 0 Å². The number of hydrogen-bond donors (Lipinski definition) is 2. The highest BCUT2D eigenvalue weighted by Crippen LogP contribution is 2.20. The monoisotopic (exact) mass is 275 g/mol. The van der Waals surface area contributed by atoms with Gasteiger partial charge in [-0.05, 0) is 31.4 Å². The molecule has 0 heterocycles. The molecule has 0 bridgehead atoms. The summed E-state index contributed by atoms with van der Waals surface area (Å²) < 4.78 is 5.85. The van der Waals surface area contributed by atoms with Crippen LogP contribution in [0.5, 0.6) is 0 Å². The van der Waals surface area contributed by atoms with E-state index in [4.69, 9.17) is 10.5 Å². The molecule has 110 valence electrons. The molecule has 4 heteroatoms. The number of guanidine groups is 1. The van der Waals surface area contributed by atoms with Gasteiger partial charge in [-0.1, -0.05) is 37.5 Å². The van der Waals surface area contributed by atoms with E-state index in [2.05, 4.69) is 10.3 Å². The third kappa shape index (κ3) is 5.61. The van der Waals surface area contributed by atoms with Gasteiger partial charge in [0.25, 0.3) is 0 Å². The van der Waals surface area contributed by atoms with Crippen molar-refractivity contribution in [2.24, 2.45) is 10.7 Å². The van der Waals surface area contributed by atoms with Crippen LogP contribution in [0.2, 0.25) is 0 Å². The molecular formula is C16H25N3O. The van der Waals surface area contributed by atoms with Crippen LogP contribution in [0.4, 0.5) is 5.69 Å². The Hall–Kier alpha value is -1.55. The van der Waals surface area contributed by atoms with Gasteiger partial charge in [0.2, 0.25) is 0 Å². The molecule has 0 unspecified atom stereocenters. The molecule has 1 saturated carbocycles. The van der Waals surface area contributed by atoms with Crippen LogP contribution in [0, 0.1) is 0 Å².